The molecule has 0 aliphatic heterocycles. The van der Waals surface area contributed by atoms with Crippen molar-refractivity contribution in [3.8, 4) is 0 Å². The lowest BCUT2D eigenvalue weighted by molar-refractivity contribution is 0.426. The first-order valence-electron chi connectivity index (χ1n) is 8.36. The SMILES string of the molecule is C=Cc1ccc(CCN(C)[Si](C)(C(C)(C)C)C(C)(C)C)cc1. The predicted molar refractivity (Wildman–Crippen MR) is 104 cm³/mol. The van der Waals surface area contributed by atoms with E-state index in [1.807, 2.05) is 6.08 Å². The fourth-order valence-electron chi connectivity index (χ4n) is 3.61. The van der Waals surface area contributed by atoms with E-state index < -0.39 is 8.24 Å². The minimum absolute atomic E-state index is 0.354. The molecule has 0 saturated heterocycles. The van der Waals surface area contributed by atoms with Crippen LogP contribution in [0.4, 0.5) is 0 Å². The van der Waals surface area contributed by atoms with Gasteiger partial charge >= 0.3 is 0 Å². The van der Waals surface area contributed by atoms with Gasteiger partial charge in [-0.25, -0.2) is 0 Å². The quantitative estimate of drug-likeness (QED) is 0.604. The Bertz CT molecular complexity index is 474. The van der Waals surface area contributed by atoms with Gasteiger partial charge in [0.25, 0.3) is 0 Å². The topological polar surface area (TPSA) is 3.24 Å². The number of hydrogen-bond donors (Lipinski definition) is 0. The Labute approximate surface area is 139 Å². The average molecular weight is 318 g/mol. The molecule has 22 heavy (non-hydrogen) atoms. The van der Waals surface area contributed by atoms with E-state index in [2.05, 4.69) is 90.5 Å². The van der Waals surface area contributed by atoms with E-state index in [0.717, 1.165) is 13.0 Å². The zero-order valence-electron chi connectivity index (χ0n) is 16.0. The number of benzene rings is 1. The molecule has 0 heterocycles. The van der Waals surface area contributed by atoms with Crippen molar-refractivity contribution in [2.45, 2.75) is 64.6 Å². The summed E-state index contributed by atoms with van der Waals surface area (Å²) in [5, 5.41) is 0.708. The molecule has 1 nitrogen and oxygen atoms in total. The molecule has 0 radical (unpaired) electrons. The van der Waals surface area contributed by atoms with Gasteiger partial charge in [-0.2, -0.15) is 0 Å². The summed E-state index contributed by atoms with van der Waals surface area (Å²) in [6, 6.07) is 8.79. The summed E-state index contributed by atoms with van der Waals surface area (Å²) in [7, 11) is 0.724. The van der Waals surface area contributed by atoms with Crippen LogP contribution >= 0.6 is 0 Å². The molecule has 0 bridgehead atoms. The van der Waals surface area contributed by atoms with Crippen molar-refractivity contribution in [1.82, 2.24) is 4.57 Å². The van der Waals surface area contributed by atoms with Crippen LogP contribution in [0.25, 0.3) is 6.08 Å². The van der Waals surface area contributed by atoms with E-state index >= 15 is 0 Å². The second-order valence-corrected chi connectivity index (χ2v) is 14.6. The van der Waals surface area contributed by atoms with Crippen LogP contribution in [0.2, 0.25) is 16.6 Å². The fourth-order valence-corrected chi connectivity index (χ4v) is 8.71. The second-order valence-electron chi connectivity index (χ2n) is 8.69. The number of nitrogens with zero attached hydrogens (tertiary/aromatic N) is 1. The molecule has 0 aliphatic carbocycles. The van der Waals surface area contributed by atoms with Crippen LogP contribution in [0.3, 0.4) is 0 Å². The van der Waals surface area contributed by atoms with E-state index in [4.69, 9.17) is 0 Å². The van der Waals surface area contributed by atoms with E-state index in [0.29, 0.717) is 10.1 Å². The Hall–Kier alpha value is -0.863. The van der Waals surface area contributed by atoms with Crippen molar-refractivity contribution in [3.05, 3.63) is 42.0 Å². The smallest absolute Gasteiger partial charge is 0.135 e. The van der Waals surface area contributed by atoms with Gasteiger partial charge in [0.1, 0.15) is 8.24 Å². The summed E-state index contributed by atoms with van der Waals surface area (Å²) < 4.78 is 2.69. The van der Waals surface area contributed by atoms with Gasteiger partial charge in [-0.1, -0.05) is 85.0 Å². The molecule has 0 unspecified atom stereocenters. The molecule has 0 aromatic heterocycles. The molecule has 0 aliphatic rings. The van der Waals surface area contributed by atoms with Crippen LogP contribution < -0.4 is 0 Å². The van der Waals surface area contributed by atoms with Crippen LogP contribution in [0.15, 0.2) is 30.8 Å². The van der Waals surface area contributed by atoms with Gasteiger partial charge in [0.2, 0.25) is 0 Å². The zero-order chi connectivity index (χ0) is 17.2. The van der Waals surface area contributed by atoms with Gasteiger partial charge in [0.05, 0.1) is 0 Å². The minimum Gasteiger partial charge on any atom is -0.325 e. The summed E-state index contributed by atoms with van der Waals surface area (Å²) in [4.78, 5) is 0. The van der Waals surface area contributed by atoms with Gasteiger partial charge < -0.3 is 4.57 Å². The van der Waals surface area contributed by atoms with Crippen LogP contribution in [0.5, 0.6) is 0 Å². The van der Waals surface area contributed by atoms with Crippen molar-refractivity contribution < 1.29 is 0 Å². The Kier molecular flexibility index (Phi) is 5.86. The monoisotopic (exact) mass is 317 g/mol. The van der Waals surface area contributed by atoms with Crippen molar-refractivity contribution in [3.63, 3.8) is 0 Å². The van der Waals surface area contributed by atoms with Crippen molar-refractivity contribution in [1.29, 1.82) is 0 Å². The molecule has 0 atom stereocenters. The average Bonchev–Trinajstić information content (AvgIpc) is 2.41. The highest BCUT2D eigenvalue weighted by molar-refractivity contribution is 6.81. The Morgan fingerprint density at radius 3 is 1.82 bits per heavy atom. The standard InChI is InChI=1S/C20H35NSi/c1-10-17-11-13-18(14-12-17)15-16-21(8)22(9,19(2,3)4)20(5,6)7/h10-14H,1,15-16H2,2-9H3. The fraction of sp³-hybridized carbons (Fsp3) is 0.600. The maximum Gasteiger partial charge on any atom is 0.135 e. The highest BCUT2D eigenvalue weighted by atomic mass is 28.3. The molecule has 1 rings (SSSR count). The molecule has 0 spiro atoms. The lowest BCUT2D eigenvalue weighted by Gasteiger charge is -2.54. The predicted octanol–water partition coefficient (Wildman–Crippen LogP) is 5.98. The summed E-state index contributed by atoms with van der Waals surface area (Å²) in [6.07, 6.45) is 3.02. The second kappa shape index (κ2) is 6.72. The molecule has 1 aromatic rings. The Morgan fingerprint density at radius 2 is 1.45 bits per heavy atom. The first-order valence-corrected chi connectivity index (χ1v) is 10.8. The van der Waals surface area contributed by atoms with Crippen LogP contribution in [0.1, 0.15) is 52.7 Å². The van der Waals surface area contributed by atoms with Crippen molar-refractivity contribution in [2.24, 2.45) is 0 Å². The number of hydrogen-bond acceptors (Lipinski definition) is 1. The number of likely N-dealkylation sites (N-methyl/N-ethyl adjacent to an activating group) is 1. The first kappa shape index (κ1) is 19.2. The Morgan fingerprint density at radius 1 is 1.00 bits per heavy atom. The van der Waals surface area contributed by atoms with Crippen LogP contribution in [-0.2, 0) is 6.42 Å². The molecule has 0 amide bonds. The third-order valence-electron chi connectivity index (χ3n) is 5.64. The molecule has 0 saturated carbocycles. The van der Waals surface area contributed by atoms with Gasteiger partial charge in [-0.05, 0) is 41.2 Å². The molecular weight excluding hydrogens is 282 g/mol. The molecular formula is C20H35NSi. The third kappa shape index (κ3) is 3.91. The van der Waals surface area contributed by atoms with Gasteiger partial charge in [-0.3, -0.25) is 0 Å². The van der Waals surface area contributed by atoms with Crippen molar-refractivity contribution >= 4 is 14.3 Å². The summed E-state index contributed by atoms with van der Waals surface area (Å²) in [5.74, 6) is 0. The van der Waals surface area contributed by atoms with Crippen molar-refractivity contribution in [2.75, 3.05) is 13.6 Å². The molecule has 0 fully saturated rings. The summed E-state index contributed by atoms with van der Waals surface area (Å²) >= 11 is 0. The maximum atomic E-state index is 3.82. The third-order valence-corrected chi connectivity index (χ3v) is 13.2. The Balaban J connectivity index is 2.88. The van der Waals surface area contributed by atoms with Crippen LogP contribution in [0, 0.1) is 0 Å². The molecule has 124 valence electrons. The zero-order valence-corrected chi connectivity index (χ0v) is 17.0. The lowest BCUT2D eigenvalue weighted by Crippen LogP contribution is -2.61. The van der Waals surface area contributed by atoms with Gasteiger partial charge in [0, 0.05) is 0 Å². The molecule has 0 N–H and O–H groups in total. The summed E-state index contributed by atoms with van der Waals surface area (Å²) in [6.45, 7) is 22.0. The van der Waals surface area contributed by atoms with E-state index in [9.17, 15) is 0 Å². The highest BCUT2D eigenvalue weighted by Crippen LogP contribution is 2.52. The summed E-state index contributed by atoms with van der Waals surface area (Å²) in [5.41, 5.74) is 2.61. The van der Waals surface area contributed by atoms with E-state index in [1.54, 1.807) is 0 Å². The molecule has 2 heteroatoms. The van der Waals surface area contributed by atoms with E-state index in [1.165, 1.54) is 11.1 Å². The van der Waals surface area contributed by atoms with E-state index in [-0.39, 0.29) is 0 Å². The van der Waals surface area contributed by atoms with Gasteiger partial charge in [0.15, 0.2) is 0 Å². The van der Waals surface area contributed by atoms with Crippen LogP contribution in [-0.4, -0.2) is 26.4 Å². The lowest BCUT2D eigenvalue weighted by atomic mass is 10.1. The minimum atomic E-state index is -1.61. The molecule has 1 aromatic carbocycles. The maximum absolute atomic E-state index is 3.82. The largest absolute Gasteiger partial charge is 0.325 e. The van der Waals surface area contributed by atoms with Gasteiger partial charge in [-0.15, -0.1) is 0 Å². The number of rotatable bonds is 5. The normalized spacial score (nSPS) is 13.5. The first-order chi connectivity index (χ1) is 9.93. The highest BCUT2D eigenvalue weighted by Gasteiger charge is 2.51.